The van der Waals surface area contributed by atoms with Crippen molar-refractivity contribution in [3.8, 4) is 0 Å². The van der Waals surface area contributed by atoms with Crippen molar-refractivity contribution >= 4 is 21.7 Å². The largest absolute Gasteiger partial charge is 0.409 e. The average molecular weight is 264 g/mol. The quantitative estimate of drug-likeness (QED) is 0.153. The van der Waals surface area contributed by atoms with Crippen molar-refractivity contribution in [2.75, 3.05) is 24.7 Å². The Kier molecular flexibility index (Phi) is 4.23. The number of hydrogen-bond acceptors (Lipinski definition) is 8. The van der Waals surface area contributed by atoms with E-state index in [4.69, 9.17) is 10.9 Å². The Morgan fingerprint density at radius 1 is 1.53 bits per heavy atom. The number of oxime groups is 1. The highest BCUT2D eigenvalue weighted by Gasteiger charge is 2.13. The van der Waals surface area contributed by atoms with E-state index in [0.717, 1.165) is 6.26 Å². The molecular weight excluding hydrogens is 252 g/mol. The van der Waals surface area contributed by atoms with Crippen molar-refractivity contribution in [3.63, 3.8) is 0 Å². The Labute approximate surface area is 96.9 Å². The number of nitrogens with two attached hydrogens (primary N) is 1. The fraction of sp³-hybridized carbons (Fsp3) is 0.500. The van der Waals surface area contributed by atoms with Crippen LogP contribution in [0.25, 0.3) is 0 Å². The number of amidine groups is 1. The molecule has 1 heterocycles. The fourth-order valence-corrected chi connectivity index (χ4v) is 1.41. The van der Waals surface area contributed by atoms with Crippen LogP contribution in [-0.4, -0.2) is 49.1 Å². The van der Waals surface area contributed by atoms with Crippen LogP contribution in [0.15, 0.2) is 9.78 Å². The minimum absolute atomic E-state index is 0.0480. The lowest BCUT2D eigenvalue weighted by atomic mass is 10.4. The van der Waals surface area contributed by atoms with Gasteiger partial charge in [0.1, 0.15) is 0 Å². The summed E-state index contributed by atoms with van der Waals surface area (Å²) < 4.78 is 28.2. The molecule has 0 spiro atoms. The van der Waals surface area contributed by atoms with Gasteiger partial charge in [0.15, 0.2) is 11.5 Å². The first kappa shape index (κ1) is 13.2. The SMILES string of the molecule is CS(=O)(=O)NCCNc1nonc1/C(N)=N/O. The molecule has 0 saturated heterocycles. The Hall–Kier alpha value is -1.88. The van der Waals surface area contributed by atoms with Gasteiger partial charge < -0.3 is 16.3 Å². The van der Waals surface area contributed by atoms with Gasteiger partial charge in [0.25, 0.3) is 0 Å². The summed E-state index contributed by atoms with van der Waals surface area (Å²) in [5.41, 5.74) is 5.35. The lowest BCUT2D eigenvalue weighted by Gasteiger charge is -2.03. The van der Waals surface area contributed by atoms with Gasteiger partial charge in [-0.1, -0.05) is 5.16 Å². The monoisotopic (exact) mass is 264 g/mol. The number of rotatable bonds is 6. The molecule has 0 aliphatic heterocycles. The first-order chi connectivity index (χ1) is 7.94. The van der Waals surface area contributed by atoms with E-state index in [9.17, 15) is 8.42 Å². The molecular formula is C6H12N6O4S. The van der Waals surface area contributed by atoms with Gasteiger partial charge in [-0.3, -0.25) is 0 Å². The van der Waals surface area contributed by atoms with Gasteiger partial charge in [-0.15, -0.1) is 0 Å². The molecule has 1 aromatic heterocycles. The molecule has 0 amide bonds. The zero-order valence-electron chi connectivity index (χ0n) is 8.91. The first-order valence-electron chi connectivity index (χ1n) is 4.43. The second-order valence-electron chi connectivity index (χ2n) is 3.04. The van der Waals surface area contributed by atoms with Crippen molar-refractivity contribution in [2.45, 2.75) is 0 Å². The van der Waals surface area contributed by atoms with E-state index >= 15 is 0 Å². The van der Waals surface area contributed by atoms with Crippen molar-refractivity contribution in [3.05, 3.63) is 5.69 Å². The highest BCUT2D eigenvalue weighted by Crippen LogP contribution is 2.07. The van der Waals surface area contributed by atoms with E-state index in [-0.39, 0.29) is 30.4 Å². The lowest BCUT2D eigenvalue weighted by Crippen LogP contribution is -2.28. The average Bonchev–Trinajstić information content (AvgIpc) is 2.70. The highest BCUT2D eigenvalue weighted by atomic mass is 32.2. The molecule has 0 fully saturated rings. The van der Waals surface area contributed by atoms with E-state index in [1.807, 2.05) is 0 Å². The summed E-state index contributed by atoms with van der Waals surface area (Å²) >= 11 is 0. The van der Waals surface area contributed by atoms with Gasteiger partial charge in [-0.2, -0.15) is 0 Å². The molecule has 11 heteroatoms. The zero-order chi connectivity index (χ0) is 12.9. The molecule has 0 bridgehead atoms. The Bertz CT molecular complexity index is 494. The van der Waals surface area contributed by atoms with Gasteiger partial charge in [0.05, 0.1) is 6.26 Å². The molecule has 1 rings (SSSR count). The van der Waals surface area contributed by atoms with Crippen LogP contribution in [0, 0.1) is 0 Å². The number of hydrogen-bond donors (Lipinski definition) is 4. The number of nitrogens with one attached hydrogen (secondary N) is 2. The Morgan fingerprint density at radius 2 is 2.24 bits per heavy atom. The lowest BCUT2D eigenvalue weighted by molar-refractivity contribution is 0.304. The third-order valence-electron chi connectivity index (χ3n) is 1.62. The van der Waals surface area contributed by atoms with E-state index in [2.05, 4.69) is 30.1 Å². The Morgan fingerprint density at radius 3 is 2.82 bits per heavy atom. The maximum absolute atomic E-state index is 10.8. The van der Waals surface area contributed by atoms with Gasteiger partial charge in [-0.05, 0) is 10.3 Å². The van der Waals surface area contributed by atoms with Crippen molar-refractivity contribution in [2.24, 2.45) is 10.9 Å². The number of anilines is 1. The van der Waals surface area contributed by atoms with E-state index in [0.29, 0.717) is 0 Å². The van der Waals surface area contributed by atoms with Crippen LogP contribution in [0.5, 0.6) is 0 Å². The van der Waals surface area contributed by atoms with E-state index in [1.165, 1.54) is 0 Å². The molecule has 1 aromatic rings. The molecule has 0 saturated carbocycles. The summed E-state index contributed by atoms with van der Waals surface area (Å²) in [6.07, 6.45) is 1.05. The number of aromatic nitrogens is 2. The topological polar surface area (TPSA) is 156 Å². The van der Waals surface area contributed by atoms with E-state index in [1.54, 1.807) is 0 Å². The van der Waals surface area contributed by atoms with Crippen LogP contribution in [0.2, 0.25) is 0 Å². The van der Waals surface area contributed by atoms with Crippen LogP contribution in [0.1, 0.15) is 5.69 Å². The zero-order valence-corrected chi connectivity index (χ0v) is 9.73. The predicted molar refractivity (Wildman–Crippen MR) is 58.1 cm³/mol. The first-order valence-corrected chi connectivity index (χ1v) is 6.32. The van der Waals surface area contributed by atoms with Crippen LogP contribution >= 0.6 is 0 Å². The normalized spacial score (nSPS) is 12.6. The summed E-state index contributed by atoms with van der Waals surface area (Å²) in [4.78, 5) is 0. The number of sulfonamides is 1. The van der Waals surface area contributed by atoms with Crippen molar-refractivity contribution < 1.29 is 18.3 Å². The van der Waals surface area contributed by atoms with Crippen molar-refractivity contribution in [1.82, 2.24) is 15.0 Å². The second kappa shape index (κ2) is 5.45. The minimum atomic E-state index is -3.23. The standard InChI is InChI=1S/C6H12N6O4S/c1-17(14,15)9-3-2-8-6-4(5(7)10-13)11-16-12-6/h9,13H,2-3H2,1H3,(H2,7,10)(H,8,12). The van der Waals surface area contributed by atoms with Crippen molar-refractivity contribution in [1.29, 1.82) is 0 Å². The molecule has 0 radical (unpaired) electrons. The molecule has 17 heavy (non-hydrogen) atoms. The summed E-state index contributed by atoms with van der Waals surface area (Å²) in [5, 5.41) is 20.8. The molecule has 0 aliphatic rings. The summed E-state index contributed by atoms with van der Waals surface area (Å²) in [5.74, 6) is -0.0968. The summed E-state index contributed by atoms with van der Waals surface area (Å²) in [6, 6.07) is 0. The summed E-state index contributed by atoms with van der Waals surface area (Å²) in [6.45, 7) is 0.397. The molecule has 10 nitrogen and oxygen atoms in total. The molecule has 0 unspecified atom stereocenters. The van der Waals surface area contributed by atoms with Gasteiger partial charge in [-0.25, -0.2) is 17.8 Å². The van der Waals surface area contributed by atoms with Crippen LogP contribution in [0.4, 0.5) is 5.82 Å². The molecule has 5 N–H and O–H groups in total. The maximum atomic E-state index is 10.8. The van der Waals surface area contributed by atoms with Crippen LogP contribution in [0.3, 0.4) is 0 Å². The molecule has 96 valence electrons. The Balaban J connectivity index is 2.50. The fourth-order valence-electron chi connectivity index (χ4n) is 0.937. The predicted octanol–water partition coefficient (Wildman–Crippen LogP) is -1.87. The third-order valence-corrected chi connectivity index (χ3v) is 2.35. The maximum Gasteiger partial charge on any atom is 0.208 e. The molecule has 0 atom stereocenters. The third kappa shape index (κ3) is 4.24. The van der Waals surface area contributed by atoms with Gasteiger partial charge in [0.2, 0.25) is 15.8 Å². The summed E-state index contributed by atoms with van der Waals surface area (Å²) in [7, 11) is -3.23. The number of nitrogens with zero attached hydrogens (tertiary/aromatic N) is 3. The van der Waals surface area contributed by atoms with Gasteiger partial charge >= 0.3 is 0 Å². The minimum Gasteiger partial charge on any atom is -0.409 e. The van der Waals surface area contributed by atoms with Gasteiger partial charge in [0, 0.05) is 13.1 Å². The van der Waals surface area contributed by atoms with Crippen LogP contribution < -0.4 is 15.8 Å². The highest BCUT2D eigenvalue weighted by molar-refractivity contribution is 7.88. The van der Waals surface area contributed by atoms with Crippen LogP contribution in [-0.2, 0) is 10.0 Å². The molecule has 0 aromatic carbocycles. The second-order valence-corrected chi connectivity index (χ2v) is 4.87. The smallest absolute Gasteiger partial charge is 0.208 e. The van der Waals surface area contributed by atoms with E-state index < -0.39 is 10.0 Å². The molecule has 0 aliphatic carbocycles.